The van der Waals surface area contributed by atoms with Gasteiger partial charge in [-0.15, -0.1) is 12.4 Å². The van der Waals surface area contributed by atoms with Crippen molar-refractivity contribution in [3.8, 4) is 5.75 Å². The summed E-state index contributed by atoms with van der Waals surface area (Å²) in [5.74, 6) is -1.78. The van der Waals surface area contributed by atoms with Crippen LogP contribution in [-0.4, -0.2) is 12.6 Å². The van der Waals surface area contributed by atoms with Gasteiger partial charge in [0.1, 0.15) is 6.61 Å². The molecule has 0 spiro atoms. The molecule has 1 aromatic rings. The zero-order chi connectivity index (χ0) is 9.84. The third kappa shape index (κ3) is 3.47. The zero-order valence-electron chi connectivity index (χ0n) is 7.67. The fraction of sp³-hybridized carbons (Fsp3) is 0.333. The third-order valence-electron chi connectivity index (χ3n) is 1.41. The Balaban J connectivity index is 0.00000169. The van der Waals surface area contributed by atoms with Crippen molar-refractivity contribution in [2.45, 2.75) is 13.0 Å². The van der Waals surface area contributed by atoms with Crippen molar-refractivity contribution in [3.05, 3.63) is 29.8 Å². The lowest BCUT2D eigenvalue weighted by Gasteiger charge is -2.09. The first-order chi connectivity index (χ1) is 6.11. The van der Waals surface area contributed by atoms with E-state index in [1.54, 1.807) is 6.92 Å². The number of benzene rings is 1. The van der Waals surface area contributed by atoms with E-state index >= 15 is 0 Å². The Morgan fingerprint density at radius 3 is 2.29 bits per heavy atom. The highest BCUT2D eigenvalue weighted by molar-refractivity contribution is 5.85. The highest BCUT2D eigenvalue weighted by Gasteiger charge is 2.09. The summed E-state index contributed by atoms with van der Waals surface area (Å²) in [4.78, 5) is 0. The van der Waals surface area contributed by atoms with Gasteiger partial charge < -0.3 is 10.5 Å². The molecule has 0 radical (unpaired) electrons. The number of rotatable bonds is 3. The van der Waals surface area contributed by atoms with Gasteiger partial charge in [0, 0.05) is 6.04 Å². The highest BCUT2D eigenvalue weighted by Crippen LogP contribution is 2.20. The quantitative estimate of drug-likeness (QED) is 0.852. The van der Waals surface area contributed by atoms with E-state index in [-0.39, 0.29) is 30.8 Å². The molecule has 1 aromatic carbocycles. The van der Waals surface area contributed by atoms with E-state index in [1.807, 2.05) is 0 Å². The summed E-state index contributed by atoms with van der Waals surface area (Å²) in [7, 11) is 0. The van der Waals surface area contributed by atoms with Crippen molar-refractivity contribution in [1.29, 1.82) is 0 Å². The van der Waals surface area contributed by atoms with Crippen LogP contribution in [0.2, 0.25) is 0 Å². The predicted octanol–water partition coefficient (Wildman–Crippen LogP) is 2.11. The lowest BCUT2D eigenvalue weighted by Crippen LogP contribution is -2.24. The number of hydrogen-bond donors (Lipinski definition) is 1. The second kappa shape index (κ2) is 5.78. The predicted molar refractivity (Wildman–Crippen MR) is 52.8 cm³/mol. The summed E-state index contributed by atoms with van der Waals surface area (Å²) in [6.07, 6.45) is 0. The van der Waals surface area contributed by atoms with Gasteiger partial charge in [0.2, 0.25) is 0 Å². The molecule has 5 heteroatoms. The maximum Gasteiger partial charge on any atom is 0.190 e. The lowest BCUT2D eigenvalue weighted by molar-refractivity contribution is 0.268. The molecule has 0 aromatic heterocycles. The van der Waals surface area contributed by atoms with Gasteiger partial charge in [-0.05, 0) is 19.1 Å². The van der Waals surface area contributed by atoms with Crippen LogP contribution in [0.1, 0.15) is 6.92 Å². The molecule has 0 amide bonds. The molecule has 0 bridgehead atoms. The SMILES string of the molecule is C[C@@H](N)COc1c(F)cccc1F.Cl. The van der Waals surface area contributed by atoms with E-state index in [0.717, 1.165) is 12.1 Å². The van der Waals surface area contributed by atoms with Gasteiger partial charge in [-0.25, -0.2) is 8.78 Å². The van der Waals surface area contributed by atoms with Gasteiger partial charge in [0.15, 0.2) is 17.4 Å². The topological polar surface area (TPSA) is 35.2 Å². The summed E-state index contributed by atoms with van der Waals surface area (Å²) in [5.41, 5.74) is 5.37. The van der Waals surface area contributed by atoms with Crippen LogP contribution in [0.25, 0.3) is 0 Å². The van der Waals surface area contributed by atoms with Crippen LogP contribution in [0.5, 0.6) is 5.75 Å². The standard InChI is InChI=1S/C9H11F2NO.ClH/c1-6(12)5-13-9-7(10)3-2-4-8(9)11;/h2-4,6H,5,12H2,1H3;1H/t6-;/m1./s1. The monoisotopic (exact) mass is 223 g/mol. The van der Waals surface area contributed by atoms with Crippen LogP contribution < -0.4 is 10.5 Å². The minimum absolute atomic E-state index is 0. The molecule has 0 aliphatic rings. The average Bonchev–Trinajstić information content (AvgIpc) is 2.03. The summed E-state index contributed by atoms with van der Waals surface area (Å²) in [6, 6.07) is 3.31. The minimum Gasteiger partial charge on any atom is -0.486 e. The van der Waals surface area contributed by atoms with E-state index in [1.165, 1.54) is 6.07 Å². The molecule has 0 saturated heterocycles. The fourth-order valence-electron chi connectivity index (χ4n) is 0.835. The van der Waals surface area contributed by atoms with Crippen molar-refractivity contribution < 1.29 is 13.5 Å². The van der Waals surface area contributed by atoms with Crippen LogP contribution in [-0.2, 0) is 0 Å². The van der Waals surface area contributed by atoms with E-state index in [0.29, 0.717) is 0 Å². The molecule has 14 heavy (non-hydrogen) atoms. The molecule has 0 saturated carbocycles. The maximum atomic E-state index is 12.9. The molecule has 0 heterocycles. The first kappa shape index (κ1) is 13.1. The Morgan fingerprint density at radius 2 is 1.86 bits per heavy atom. The summed E-state index contributed by atoms with van der Waals surface area (Å²) in [5, 5.41) is 0. The number of nitrogens with two attached hydrogens (primary N) is 1. The van der Waals surface area contributed by atoms with Crippen LogP contribution >= 0.6 is 12.4 Å². The fourth-order valence-corrected chi connectivity index (χ4v) is 0.835. The van der Waals surface area contributed by atoms with E-state index < -0.39 is 11.6 Å². The molecule has 0 fully saturated rings. The number of halogens is 3. The molecule has 0 aliphatic heterocycles. The summed E-state index contributed by atoms with van der Waals surface area (Å²) >= 11 is 0. The van der Waals surface area contributed by atoms with E-state index in [4.69, 9.17) is 10.5 Å². The number of hydrogen-bond acceptors (Lipinski definition) is 2. The zero-order valence-corrected chi connectivity index (χ0v) is 8.48. The molecule has 2 N–H and O–H groups in total. The summed E-state index contributed by atoms with van der Waals surface area (Å²) < 4.78 is 30.6. The van der Waals surface area contributed by atoms with Crippen LogP contribution in [0, 0.1) is 11.6 Å². The van der Waals surface area contributed by atoms with E-state index in [9.17, 15) is 8.78 Å². The van der Waals surface area contributed by atoms with E-state index in [2.05, 4.69) is 0 Å². The van der Waals surface area contributed by atoms with Crippen LogP contribution in [0.4, 0.5) is 8.78 Å². The molecule has 2 nitrogen and oxygen atoms in total. The molecule has 1 atom stereocenters. The molecule has 0 aliphatic carbocycles. The van der Waals surface area contributed by atoms with Gasteiger partial charge in [-0.1, -0.05) is 6.07 Å². The maximum absolute atomic E-state index is 12.9. The average molecular weight is 224 g/mol. The highest BCUT2D eigenvalue weighted by atomic mass is 35.5. The molecule has 1 rings (SSSR count). The molecule has 80 valence electrons. The second-order valence-corrected chi connectivity index (χ2v) is 2.84. The second-order valence-electron chi connectivity index (χ2n) is 2.84. The van der Waals surface area contributed by atoms with Crippen LogP contribution in [0.15, 0.2) is 18.2 Å². The van der Waals surface area contributed by atoms with Crippen molar-refractivity contribution in [2.75, 3.05) is 6.61 Å². The van der Waals surface area contributed by atoms with Gasteiger partial charge in [-0.2, -0.15) is 0 Å². The number of para-hydroxylation sites is 1. The molecule has 0 unspecified atom stereocenters. The van der Waals surface area contributed by atoms with Crippen molar-refractivity contribution >= 4 is 12.4 Å². The normalized spacial score (nSPS) is 11.7. The molecular weight excluding hydrogens is 212 g/mol. The smallest absolute Gasteiger partial charge is 0.190 e. The third-order valence-corrected chi connectivity index (χ3v) is 1.41. The minimum atomic E-state index is -0.708. The summed E-state index contributed by atoms with van der Waals surface area (Å²) in [6.45, 7) is 1.79. The van der Waals surface area contributed by atoms with Crippen molar-refractivity contribution in [1.82, 2.24) is 0 Å². The lowest BCUT2D eigenvalue weighted by atomic mass is 10.3. The van der Waals surface area contributed by atoms with Crippen molar-refractivity contribution in [2.24, 2.45) is 5.73 Å². The first-order valence-corrected chi connectivity index (χ1v) is 3.93. The van der Waals surface area contributed by atoms with Gasteiger partial charge >= 0.3 is 0 Å². The van der Waals surface area contributed by atoms with Gasteiger partial charge in [0.05, 0.1) is 0 Å². The van der Waals surface area contributed by atoms with Gasteiger partial charge in [-0.3, -0.25) is 0 Å². The Labute approximate surface area is 87.5 Å². The van der Waals surface area contributed by atoms with Crippen molar-refractivity contribution in [3.63, 3.8) is 0 Å². The van der Waals surface area contributed by atoms with Crippen LogP contribution in [0.3, 0.4) is 0 Å². The largest absolute Gasteiger partial charge is 0.486 e. The molecular formula is C9H12ClF2NO. The Hall–Kier alpha value is -0.870. The number of ether oxygens (including phenoxy) is 1. The Bertz CT molecular complexity index is 274. The Kier molecular flexibility index (Phi) is 5.42. The van der Waals surface area contributed by atoms with Gasteiger partial charge in [0.25, 0.3) is 0 Å². The first-order valence-electron chi connectivity index (χ1n) is 3.93. The Morgan fingerprint density at radius 1 is 1.36 bits per heavy atom.